The first kappa shape index (κ1) is 21.3. The van der Waals surface area contributed by atoms with Gasteiger partial charge in [-0.1, -0.05) is 54.6 Å². The first-order valence-electron chi connectivity index (χ1n) is 9.19. The fraction of sp³-hybridized carbons (Fsp3) is 0.182. The molecule has 30 heavy (non-hydrogen) atoms. The number of pyridine rings is 1. The molecule has 3 rings (SSSR count). The summed E-state index contributed by atoms with van der Waals surface area (Å²) in [6.07, 6.45) is -4.63. The summed E-state index contributed by atoms with van der Waals surface area (Å²) in [6.45, 7) is -0.231. The number of amides is 2. The van der Waals surface area contributed by atoms with E-state index >= 15 is 0 Å². The predicted octanol–water partition coefficient (Wildman–Crippen LogP) is 4.87. The first-order chi connectivity index (χ1) is 14.3. The molecule has 0 aliphatic heterocycles. The number of urea groups is 1. The van der Waals surface area contributed by atoms with Crippen LogP contribution in [0.2, 0.25) is 0 Å². The molecule has 0 unspecified atom stereocenters. The van der Waals surface area contributed by atoms with Crippen molar-refractivity contribution in [2.24, 2.45) is 0 Å². The molecule has 1 aromatic heterocycles. The summed E-state index contributed by atoms with van der Waals surface area (Å²) in [5, 5.41) is 13.2. The van der Waals surface area contributed by atoms with Gasteiger partial charge in [0.1, 0.15) is 5.82 Å². The highest BCUT2D eigenvalue weighted by Gasteiger charge is 2.35. The van der Waals surface area contributed by atoms with Crippen LogP contribution >= 0.6 is 0 Å². The number of rotatable bonds is 6. The van der Waals surface area contributed by atoms with Gasteiger partial charge in [-0.3, -0.25) is 5.32 Å². The third-order valence-corrected chi connectivity index (χ3v) is 4.42. The first-order valence-corrected chi connectivity index (χ1v) is 9.19. The summed E-state index contributed by atoms with van der Waals surface area (Å²) in [4.78, 5) is 18.1. The molecule has 2 amide bonds. The molecule has 2 aromatic carbocycles. The Bertz CT molecular complexity index is 966. The van der Waals surface area contributed by atoms with E-state index in [-0.39, 0.29) is 18.7 Å². The molecule has 3 aromatic rings. The number of halogens is 3. The van der Waals surface area contributed by atoms with E-state index in [4.69, 9.17) is 0 Å². The number of nitrogens with one attached hydrogen (secondary N) is 1. The van der Waals surface area contributed by atoms with E-state index in [2.05, 4.69) is 10.3 Å². The van der Waals surface area contributed by atoms with Crippen molar-refractivity contribution in [1.29, 1.82) is 0 Å². The van der Waals surface area contributed by atoms with Crippen LogP contribution in [0.4, 0.5) is 23.8 Å². The minimum absolute atomic E-state index is 0.102. The van der Waals surface area contributed by atoms with Crippen molar-refractivity contribution in [3.63, 3.8) is 0 Å². The van der Waals surface area contributed by atoms with Gasteiger partial charge in [-0.2, -0.15) is 13.2 Å². The van der Waals surface area contributed by atoms with Gasteiger partial charge in [-0.15, -0.1) is 0 Å². The van der Waals surface area contributed by atoms with Crippen molar-refractivity contribution in [2.75, 3.05) is 11.9 Å². The Labute approximate surface area is 171 Å². The Morgan fingerprint density at radius 2 is 1.67 bits per heavy atom. The van der Waals surface area contributed by atoms with E-state index in [1.807, 2.05) is 6.07 Å². The lowest BCUT2D eigenvalue weighted by atomic mass is 10.0. The van der Waals surface area contributed by atoms with Crippen molar-refractivity contribution in [3.8, 4) is 0 Å². The van der Waals surface area contributed by atoms with E-state index < -0.39 is 23.9 Å². The van der Waals surface area contributed by atoms with Crippen molar-refractivity contribution < 1.29 is 23.1 Å². The van der Waals surface area contributed by atoms with Gasteiger partial charge in [0.2, 0.25) is 0 Å². The minimum Gasteiger partial charge on any atom is -0.387 e. The van der Waals surface area contributed by atoms with Gasteiger partial charge in [0, 0.05) is 12.7 Å². The number of anilines is 1. The number of aliphatic hydroxyl groups is 1. The molecule has 0 spiro atoms. The van der Waals surface area contributed by atoms with E-state index in [9.17, 15) is 23.1 Å². The van der Waals surface area contributed by atoms with Crippen LogP contribution in [0.15, 0.2) is 79.0 Å². The minimum atomic E-state index is -4.61. The highest BCUT2D eigenvalue weighted by atomic mass is 19.4. The number of carbonyl (C=O) groups is 1. The zero-order chi connectivity index (χ0) is 21.6. The average molecular weight is 415 g/mol. The topological polar surface area (TPSA) is 65.5 Å². The van der Waals surface area contributed by atoms with Crippen LogP contribution < -0.4 is 5.32 Å². The standard InChI is InChI=1S/C22H20F3N3O2/c23-22(24,25)18-11-5-4-10-17(18)19(29)15-28(14-16-8-2-1-3-9-16)21(30)27-20-12-6-7-13-26-20/h1-13,19,29H,14-15H2,(H,26,27,30)/t19-/m1/s1. The monoisotopic (exact) mass is 415 g/mol. The van der Waals surface area contributed by atoms with Gasteiger partial charge in [-0.25, -0.2) is 9.78 Å². The lowest BCUT2D eigenvalue weighted by Gasteiger charge is -2.27. The van der Waals surface area contributed by atoms with Crippen LogP contribution in [0.3, 0.4) is 0 Å². The molecule has 1 heterocycles. The lowest BCUT2D eigenvalue weighted by molar-refractivity contribution is -0.139. The zero-order valence-electron chi connectivity index (χ0n) is 15.9. The van der Waals surface area contributed by atoms with Crippen LogP contribution in [0.5, 0.6) is 0 Å². The number of nitrogens with zero attached hydrogens (tertiary/aromatic N) is 2. The van der Waals surface area contributed by atoms with Crippen molar-refractivity contribution in [1.82, 2.24) is 9.88 Å². The molecule has 8 heteroatoms. The second kappa shape index (κ2) is 9.41. The number of carbonyl (C=O) groups excluding carboxylic acids is 1. The van der Waals surface area contributed by atoms with E-state index in [1.165, 1.54) is 29.3 Å². The molecule has 0 aliphatic rings. The summed E-state index contributed by atoms with van der Waals surface area (Å²) in [5.41, 5.74) is -0.444. The van der Waals surface area contributed by atoms with E-state index in [1.54, 1.807) is 42.5 Å². The maximum Gasteiger partial charge on any atom is 0.416 e. The Morgan fingerprint density at radius 1 is 1.00 bits per heavy atom. The second-order valence-electron chi connectivity index (χ2n) is 6.61. The van der Waals surface area contributed by atoms with Gasteiger partial charge in [-0.05, 0) is 29.3 Å². The summed E-state index contributed by atoms with van der Waals surface area (Å²) >= 11 is 0. The number of benzene rings is 2. The van der Waals surface area contributed by atoms with Crippen LogP contribution in [0, 0.1) is 0 Å². The van der Waals surface area contributed by atoms with Crippen molar-refractivity contribution in [2.45, 2.75) is 18.8 Å². The number of aromatic nitrogens is 1. The van der Waals surface area contributed by atoms with Crippen LogP contribution in [0.25, 0.3) is 0 Å². The zero-order valence-corrected chi connectivity index (χ0v) is 15.9. The maximum absolute atomic E-state index is 13.3. The number of aliphatic hydroxyl groups excluding tert-OH is 1. The lowest BCUT2D eigenvalue weighted by Crippen LogP contribution is -2.38. The maximum atomic E-state index is 13.3. The van der Waals surface area contributed by atoms with E-state index in [0.29, 0.717) is 5.82 Å². The fourth-order valence-corrected chi connectivity index (χ4v) is 3.00. The molecule has 0 aliphatic carbocycles. The number of hydrogen-bond donors (Lipinski definition) is 2. The van der Waals surface area contributed by atoms with Gasteiger partial charge in [0.05, 0.1) is 18.2 Å². The molecule has 0 radical (unpaired) electrons. The van der Waals surface area contributed by atoms with Crippen LogP contribution in [0.1, 0.15) is 22.8 Å². The molecule has 2 N–H and O–H groups in total. The normalized spacial score (nSPS) is 12.3. The van der Waals surface area contributed by atoms with Gasteiger partial charge in [0.25, 0.3) is 0 Å². The molecule has 0 bridgehead atoms. The van der Waals surface area contributed by atoms with Crippen molar-refractivity contribution >= 4 is 11.8 Å². The third kappa shape index (κ3) is 5.57. The molecule has 0 saturated heterocycles. The Balaban J connectivity index is 1.84. The third-order valence-electron chi connectivity index (χ3n) is 4.42. The van der Waals surface area contributed by atoms with E-state index in [0.717, 1.165) is 11.6 Å². The number of hydrogen-bond acceptors (Lipinski definition) is 3. The Morgan fingerprint density at radius 3 is 2.33 bits per heavy atom. The SMILES string of the molecule is O=C(Nc1ccccn1)N(Cc1ccccc1)C[C@@H](O)c1ccccc1C(F)(F)F. The molecule has 5 nitrogen and oxygen atoms in total. The fourth-order valence-electron chi connectivity index (χ4n) is 3.00. The summed E-state index contributed by atoms with van der Waals surface area (Å²) in [6, 6.07) is 18.2. The highest BCUT2D eigenvalue weighted by Crippen LogP contribution is 2.34. The van der Waals surface area contributed by atoms with Crippen molar-refractivity contribution in [3.05, 3.63) is 95.7 Å². The van der Waals surface area contributed by atoms with Crippen LogP contribution in [-0.4, -0.2) is 27.6 Å². The Kier molecular flexibility index (Phi) is 6.68. The average Bonchev–Trinajstić information content (AvgIpc) is 2.74. The summed E-state index contributed by atoms with van der Waals surface area (Å²) in [5.74, 6) is 0.297. The molecular formula is C22H20F3N3O2. The van der Waals surface area contributed by atoms with Gasteiger partial charge < -0.3 is 10.0 Å². The summed E-state index contributed by atoms with van der Waals surface area (Å²) < 4.78 is 40.0. The number of alkyl halides is 3. The molecule has 0 fully saturated rings. The molecule has 1 atom stereocenters. The molecule has 0 saturated carbocycles. The predicted molar refractivity (Wildman–Crippen MR) is 107 cm³/mol. The highest BCUT2D eigenvalue weighted by molar-refractivity contribution is 5.88. The Hall–Kier alpha value is -3.39. The second-order valence-corrected chi connectivity index (χ2v) is 6.61. The quantitative estimate of drug-likeness (QED) is 0.604. The smallest absolute Gasteiger partial charge is 0.387 e. The molecule has 156 valence electrons. The van der Waals surface area contributed by atoms with Gasteiger partial charge in [0.15, 0.2) is 0 Å². The summed E-state index contributed by atoms with van der Waals surface area (Å²) in [7, 11) is 0. The van der Waals surface area contributed by atoms with Gasteiger partial charge >= 0.3 is 12.2 Å². The van der Waals surface area contributed by atoms with Crippen LogP contribution in [-0.2, 0) is 12.7 Å². The molecular weight excluding hydrogens is 395 g/mol. The largest absolute Gasteiger partial charge is 0.416 e.